The van der Waals surface area contributed by atoms with Gasteiger partial charge < -0.3 is 14.7 Å². The Bertz CT molecular complexity index is 656. The standard InChI is InChI=1S/C19H25FN2O3/c1-19(2,13-23)22(14-24)10-3-11-25-16-4-5-17(18(20)12-16)15-6-8-21-9-7-15/h4-6,8,12,14,23H,3,7,9-11,13H2,1-2H3. The van der Waals surface area contributed by atoms with Gasteiger partial charge in [-0.15, -0.1) is 0 Å². The van der Waals surface area contributed by atoms with Crippen LogP contribution in [-0.4, -0.2) is 54.5 Å². The summed E-state index contributed by atoms with van der Waals surface area (Å²) >= 11 is 0. The molecule has 0 radical (unpaired) electrons. The van der Waals surface area contributed by atoms with Crippen molar-refractivity contribution in [2.24, 2.45) is 4.99 Å². The number of benzene rings is 1. The Hall–Kier alpha value is -2.21. The van der Waals surface area contributed by atoms with E-state index in [2.05, 4.69) is 4.99 Å². The van der Waals surface area contributed by atoms with Crippen molar-refractivity contribution in [2.45, 2.75) is 32.2 Å². The van der Waals surface area contributed by atoms with Gasteiger partial charge in [0, 0.05) is 30.9 Å². The summed E-state index contributed by atoms with van der Waals surface area (Å²) < 4.78 is 19.9. The van der Waals surface area contributed by atoms with E-state index in [1.54, 1.807) is 32.2 Å². The number of carbonyl (C=O) groups excluding carboxylic acids is 1. The van der Waals surface area contributed by atoms with Gasteiger partial charge in [0.25, 0.3) is 0 Å². The molecule has 5 nitrogen and oxygen atoms in total. The van der Waals surface area contributed by atoms with E-state index in [0.717, 1.165) is 18.4 Å². The van der Waals surface area contributed by atoms with Crippen molar-refractivity contribution in [3.8, 4) is 5.75 Å². The average molecular weight is 348 g/mol. The van der Waals surface area contributed by atoms with Gasteiger partial charge in [0.1, 0.15) is 11.6 Å². The predicted molar refractivity (Wildman–Crippen MR) is 96.4 cm³/mol. The molecule has 0 bridgehead atoms. The summed E-state index contributed by atoms with van der Waals surface area (Å²) in [6.45, 7) is 4.98. The lowest BCUT2D eigenvalue weighted by atomic mass is 10.0. The van der Waals surface area contributed by atoms with E-state index in [1.807, 2.05) is 6.08 Å². The van der Waals surface area contributed by atoms with E-state index in [4.69, 9.17) is 4.74 Å². The molecule has 25 heavy (non-hydrogen) atoms. The number of hydrogen-bond acceptors (Lipinski definition) is 4. The van der Waals surface area contributed by atoms with Crippen LogP contribution in [0.2, 0.25) is 0 Å². The first-order valence-electron chi connectivity index (χ1n) is 8.42. The molecule has 0 saturated heterocycles. The molecule has 1 aromatic carbocycles. The van der Waals surface area contributed by atoms with Gasteiger partial charge in [-0.3, -0.25) is 9.79 Å². The highest BCUT2D eigenvalue weighted by Gasteiger charge is 2.23. The second-order valence-corrected chi connectivity index (χ2v) is 6.61. The first-order chi connectivity index (χ1) is 12.0. The molecule has 1 aliphatic rings. The minimum absolute atomic E-state index is 0.111. The minimum atomic E-state index is -0.605. The van der Waals surface area contributed by atoms with Crippen LogP contribution in [0, 0.1) is 5.82 Å². The molecule has 2 rings (SSSR count). The summed E-state index contributed by atoms with van der Waals surface area (Å²) in [7, 11) is 0. The fourth-order valence-corrected chi connectivity index (χ4v) is 2.57. The van der Waals surface area contributed by atoms with Crippen LogP contribution >= 0.6 is 0 Å². The van der Waals surface area contributed by atoms with Crippen molar-refractivity contribution in [1.82, 2.24) is 4.90 Å². The first-order valence-corrected chi connectivity index (χ1v) is 8.42. The fraction of sp³-hybridized carbons (Fsp3) is 0.474. The lowest BCUT2D eigenvalue weighted by Crippen LogP contribution is -2.46. The van der Waals surface area contributed by atoms with E-state index in [1.165, 1.54) is 11.0 Å². The summed E-state index contributed by atoms with van der Waals surface area (Å²) in [5.74, 6) is 0.153. The van der Waals surface area contributed by atoms with Crippen molar-refractivity contribution in [2.75, 3.05) is 26.3 Å². The van der Waals surface area contributed by atoms with Crippen molar-refractivity contribution < 1.29 is 19.0 Å². The topological polar surface area (TPSA) is 62.1 Å². The van der Waals surface area contributed by atoms with Gasteiger partial charge in [0.05, 0.1) is 18.8 Å². The molecular formula is C19H25FN2O3. The summed E-state index contributed by atoms with van der Waals surface area (Å²) in [5, 5.41) is 9.31. The zero-order chi connectivity index (χ0) is 18.3. The van der Waals surface area contributed by atoms with E-state index < -0.39 is 5.54 Å². The number of aliphatic hydroxyl groups excluding tert-OH is 1. The number of rotatable bonds is 9. The molecule has 1 N–H and O–H groups in total. The number of ether oxygens (including phenoxy) is 1. The number of hydrogen-bond donors (Lipinski definition) is 1. The Morgan fingerprint density at radius 3 is 2.84 bits per heavy atom. The van der Waals surface area contributed by atoms with Crippen LogP contribution < -0.4 is 4.74 Å². The molecule has 0 aliphatic carbocycles. The van der Waals surface area contributed by atoms with Crippen molar-refractivity contribution in [1.29, 1.82) is 0 Å². The number of dihydropyridines is 1. The molecule has 1 heterocycles. The van der Waals surface area contributed by atoms with Gasteiger partial charge in [0.15, 0.2) is 0 Å². The summed E-state index contributed by atoms with van der Waals surface area (Å²) in [6.07, 6.45) is 5.59. The number of carbonyl (C=O) groups is 1. The predicted octanol–water partition coefficient (Wildman–Crippen LogP) is 2.68. The van der Waals surface area contributed by atoms with Gasteiger partial charge in [0.2, 0.25) is 6.41 Å². The van der Waals surface area contributed by atoms with Crippen LogP contribution in [0.15, 0.2) is 29.3 Å². The number of aliphatic hydroxyl groups is 1. The van der Waals surface area contributed by atoms with Crippen LogP contribution in [0.5, 0.6) is 5.75 Å². The molecule has 0 spiro atoms. The van der Waals surface area contributed by atoms with Gasteiger partial charge in [-0.25, -0.2) is 4.39 Å². The fourth-order valence-electron chi connectivity index (χ4n) is 2.57. The SMILES string of the molecule is CC(C)(CO)N(C=O)CCCOc1ccc(C2=CC=NCC2)c(F)c1. The highest BCUT2D eigenvalue weighted by molar-refractivity contribution is 5.86. The highest BCUT2D eigenvalue weighted by atomic mass is 19.1. The minimum Gasteiger partial charge on any atom is -0.493 e. The Morgan fingerprint density at radius 1 is 1.44 bits per heavy atom. The van der Waals surface area contributed by atoms with Crippen molar-refractivity contribution >= 4 is 18.2 Å². The third-order valence-corrected chi connectivity index (χ3v) is 4.28. The first kappa shape index (κ1) is 19.1. The molecule has 0 atom stereocenters. The van der Waals surface area contributed by atoms with E-state index in [9.17, 15) is 14.3 Å². The normalized spacial score (nSPS) is 14.2. The smallest absolute Gasteiger partial charge is 0.210 e. The molecule has 0 unspecified atom stereocenters. The van der Waals surface area contributed by atoms with Gasteiger partial charge in [-0.1, -0.05) is 0 Å². The Labute approximate surface area is 147 Å². The largest absolute Gasteiger partial charge is 0.493 e. The van der Waals surface area contributed by atoms with Crippen LogP contribution in [0.4, 0.5) is 4.39 Å². The van der Waals surface area contributed by atoms with Gasteiger partial charge in [-0.2, -0.15) is 0 Å². The number of allylic oxidation sites excluding steroid dienone is 1. The molecule has 0 saturated carbocycles. The zero-order valence-corrected chi connectivity index (χ0v) is 14.7. The summed E-state index contributed by atoms with van der Waals surface area (Å²) in [6, 6.07) is 4.86. The van der Waals surface area contributed by atoms with Crippen molar-refractivity contribution in [3.63, 3.8) is 0 Å². The van der Waals surface area contributed by atoms with Gasteiger partial charge >= 0.3 is 0 Å². The molecule has 6 heteroatoms. The maximum absolute atomic E-state index is 14.3. The van der Waals surface area contributed by atoms with Crippen LogP contribution in [0.3, 0.4) is 0 Å². The maximum atomic E-state index is 14.3. The van der Waals surface area contributed by atoms with E-state index >= 15 is 0 Å². The number of aliphatic imine (C=N–C) groups is 1. The quantitative estimate of drug-likeness (QED) is 0.551. The monoisotopic (exact) mass is 348 g/mol. The molecule has 1 amide bonds. The van der Waals surface area contributed by atoms with Crippen LogP contribution in [0.25, 0.3) is 5.57 Å². The second-order valence-electron chi connectivity index (χ2n) is 6.61. The maximum Gasteiger partial charge on any atom is 0.210 e. The molecule has 0 fully saturated rings. The molecule has 0 aromatic heterocycles. The summed E-state index contributed by atoms with van der Waals surface area (Å²) in [5.41, 5.74) is 0.911. The third-order valence-electron chi connectivity index (χ3n) is 4.28. The number of nitrogens with zero attached hydrogens (tertiary/aromatic N) is 2. The average Bonchev–Trinajstić information content (AvgIpc) is 2.62. The number of halogens is 1. The Balaban J connectivity index is 1.87. The molecule has 136 valence electrons. The summed E-state index contributed by atoms with van der Waals surface area (Å²) in [4.78, 5) is 16.8. The zero-order valence-electron chi connectivity index (χ0n) is 14.7. The second kappa shape index (κ2) is 8.76. The Morgan fingerprint density at radius 2 is 2.24 bits per heavy atom. The molecule has 1 aliphatic heterocycles. The van der Waals surface area contributed by atoms with E-state index in [-0.39, 0.29) is 12.4 Å². The Kier molecular flexibility index (Phi) is 6.70. The highest BCUT2D eigenvalue weighted by Crippen LogP contribution is 2.26. The van der Waals surface area contributed by atoms with E-state index in [0.29, 0.717) is 37.4 Å². The molecule has 1 aromatic rings. The molecular weight excluding hydrogens is 323 g/mol. The van der Waals surface area contributed by atoms with Crippen LogP contribution in [0.1, 0.15) is 32.3 Å². The lowest BCUT2D eigenvalue weighted by molar-refractivity contribution is -0.124. The van der Waals surface area contributed by atoms with Crippen LogP contribution in [-0.2, 0) is 4.79 Å². The van der Waals surface area contributed by atoms with Gasteiger partial charge in [-0.05, 0) is 50.5 Å². The number of amides is 1. The lowest BCUT2D eigenvalue weighted by Gasteiger charge is -2.34. The third kappa shape index (κ3) is 5.13. The van der Waals surface area contributed by atoms with Crippen molar-refractivity contribution in [3.05, 3.63) is 35.7 Å².